The van der Waals surface area contributed by atoms with E-state index in [-0.39, 0.29) is 5.91 Å². The molecule has 1 aromatic heterocycles. The molecular weight excluding hydrogens is 264 g/mol. The Balaban J connectivity index is 1.60. The summed E-state index contributed by atoms with van der Waals surface area (Å²) in [4.78, 5) is 18.4. The van der Waals surface area contributed by atoms with Crippen LogP contribution in [0.4, 0.5) is 0 Å². The van der Waals surface area contributed by atoms with E-state index in [0.717, 1.165) is 31.8 Å². The van der Waals surface area contributed by atoms with Crippen LogP contribution in [0.2, 0.25) is 0 Å². The van der Waals surface area contributed by atoms with Crippen LogP contribution in [0.1, 0.15) is 44.9 Å². The molecule has 0 saturated heterocycles. The third-order valence-corrected chi connectivity index (χ3v) is 4.36. The summed E-state index contributed by atoms with van der Waals surface area (Å²) in [6.07, 6.45) is 10.8. The molecule has 0 unspecified atom stereocenters. The lowest BCUT2D eigenvalue weighted by Crippen LogP contribution is -2.39. The first-order valence-electron chi connectivity index (χ1n) is 8.17. The minimum atomic E-state index is 0.144. The summed E-state index contributed by atoms with van der Waals surface area (Å²) in [6.45, 7) is 4.29. The van der Waals surface area contributed by atoms with Gasteiger partial charge in [-0.15, -0.1) is 0 Å². The number of carbonyl (C=O) groups excluding carboxylic acids is 1. The van der Waals surface area contributed by atoms with Gasteiger partial charge in [-0.1, -0.05) is 19.8 Å². The molecule has 1 aromatic rings. The molecule has 0 atom stereocenters. The molecule has 1 N–H and O–H groups in total. The first-order valence-corrected chi connectivity index (χ1v) is 8.17. The first-order chi connectivity index (χ1) is 10.2. The summed E-state index contributed by atoms with van der Waals surface area (Å²) in [5.74, 6) is 1.26. The topological polar surface area (TPSA) is 50.2 Å². The number of carbonyl (C=O) groups is 1. The number of likely N-dealkylation sites (N-methyl/N-ethyl adjacent to an activating group) is 1. The van der Waals surface area contributed by atoms with E-state index in [0.29, 0.717) is 12.6 Å². The third kappa shape index (κ3) is 4.84. The van der Waals surface area contributed by atoms with Gasteiger partial charge in [-0.2, -0.15) is 0 Å². The van der Waals surface area contributed by atoms with Crippen molar-refractivity contribution < 1.29 is 4.79 Å². The normalized spacial score (nSPS) is 15.8. The Morgan fingerprint density at radius 3 is 2.95 bits per heavy atom. The van der Waals surface area contributed by atoms with Gasteiger partial charge in [0.05, 0.1) is 6.54 Å². The van der Waals surface area contributed by atoms with Crippen LogP contribution in [0, 0.1) is 0 Å². The van der Waals surface area contributed by atoms with Crippen molar-refractivity contribution in [3.63, 3.8) is 0 Å². The SMILES string of the molecule is CCc1nccn1CCCNC(=O)CN(C)C1CCCC1. The molecule has 118 valence electrons. The van der Waals surface area contributed by atoms with Crippen molar-refractivity contribution >= 4 is 5.91 Å². The van der Waals surface area contributed by atoms with E-state index >= 15 is 0 Å². The summed E-state index contributed by atoms with van der Waals surface area (Å²) in [7, 11) is 2.06. The smallest absolute Gasteiger partial charge is 0.234 e. The number of amides is 1. The van der Waals surface area contributed by atoms with E-state index in [2.05, 4.69) is 33.7 Å². The van der Waals surface area contributed by atoms with E-state index in [9.17, 15) is 4.79 Å². The van der Waals surface area contributed by atoms with Crippen LogP contribution in [-0.4, -0.2) is 46.5 Å². The minimum absolute atomic E-state index is 0.144. The lowest BCUT2D eigenvalue weighted by Gasteiger charge is -2.23. The van der Waals surface area contributed by atoms with Crippen molar-refractivity contribution in [2.24, 2.45) is 0 Å². The van der Waals surface area contributed by atoms with Gasteiger partial charge in [-0.05, 0) is 26.3 Å². The van der Waals surface area contributed by atoms with Gasteiger partial charge in [-0.3, -0.25) is 9.69 Å². The second-order valence-corrected chi connectivity index (χ2v) is 5.95. The lowest BCUT2D eigenvalue weighted by atomic mass is 10.2. The van der Waals surface area contributed by atoms with Crippen molar-refractivity contribution in [2.75, 3.05) is 20.1 Å². The summed E-state index contributed by atoms with van der Waals surface area (Å²) < 4.78 is 2.16. The number of hydrogen-bond donors (Lipinski definition) is 1. The highest BCUT2D eigenvalue weighted by molar-refractivity contribution is 5.77. The molecule has 0 radical (unpaired) electrons. The molecule has 1 aliphatic carbocycles. The monoisotopic (exact) mass is 292 g/mol. The molecule has 1 amide bonds. The van der Waals surface area contributed by atoms with Crippen LogP contribution >= 0.6 is 0 Å². The number of nitrogens with one attached hydrogen (secondary N) is 1. The number of aryl methyl sites for hydroxylation is 2. The Labute approximate surface area is 127 Å². The minimum Gasteiger partial charge on any atom is -0.355 e. The largest absolute Gasteiger partial charge is 0.355 e. The molecule has 5 nitrogen and oxygen atoms in total. The molecule has 1 saturated carbocycles. The Morgan fingerprint density at radius 2 is 2.24 bits per heavy atom. The van der Waals surface area contributed by atoms with Gasteiger partial charge < -0.3 is 9.88 Å². The number of aromatic nitrogens is 2. The lowest BCUT2D eigenvalue weighted by molar-refractivity contribution is -0.122. The Bertz CT molecular complexity index is 437. The van der Waals surface area contributed by atoms with E-state index in [1.807, 2.05) is 12.4 Å². The fraction of sp³-hybridized carbons (Fsp3) is 0.750. The average Bonchev–Trinajstić information content (AvgIpc) is 3.14. The van der Waals surface area contributed by atoms with E-state index in [4.69, 9.17) is 0 Å². The van der Waals surface area contributed by atoms with E-state index in [1.165, 1.54) is 25.7 Å². The Morgan fingerprint density at radius 1 is 1.48 bits per heavy atom. The van der Waals surface area contributed by atoms with Crippen LogP contribution in [-0.2, 0) is 17.8 Å². The predicted molar refractivity (Wildman–Crippen MR) is 84.1 cm³/mol. The van der Waals surface area contributed by atoms with Gasteiger partial charge in [0, 0.05) is 37.9 Å². The highest BCUT2D eigenvalue weighted by atomic mass is 16.2. The van der Waals surface area contributed by atoms with Gasteiger partial charge in [0.25, 0.3) is 0 Å². The molecule has 1 aliphatic rings. The molecule has 2 rings (SSSR count). The Hall–Kier alpha value is -1.36. The zero-order valence-electron chi connectivity index (χ0n) is 13.3. The molecule has 1 heterocycles. The maximum absolute atomic E-state index is 11.9. The molecule has 0 spiro atoms. The highest BCUT2D eigenvalue weighted by Crippen LogP contribution is 2.21. The first kappa shape index (κ1) is 16.0. The van der Waals surface area contributed by atoms with Gasteiger partial charge in [0.2, 0.25) is 5.91 Å². The second kappa shape index (κ2) is 8.17. The molecule has 21 heavy (non-hydrogen) atoms. The van der Waals surface area contributed by atoms with Crippen molar-refractivity contribution in [1.82, 2.24) is 19.8 Å². The number of imidazole rings is 1. The third-order valence-electron chi connectivity index (χ3n) is 4.36. The highest BCUT2D eigenvalue weighted by Gasteiger charge is 2.20. The van der Waals surface area contributed by atoms with Crippen molar-refractivity contribution in [2.45, 2.75) is 58.0 Å². The molecule has 0 bridgehead atoms. The summed E-state index contributed by atoms with van der Waals surface area (Å²) in [5, 5.41) is 3.02. The summed E-state index contributed by atoms with van der Waals surface area (Å²) in [6, 6.07) is 0.605. The van der Waals surface area contributed by atoms with Crippen LogP contribution in [0.5, 0.6) is 0 Å². The van der Waals surface area contributed by atoms with Gasteiger partial charge in [0.1, 0.15) is 5.82 Å². The van der Waals surface area contributed by atoms with Crippen molar-refractivity contribution in [3.8, 4) is 0 Å². The molecule has 0 aromatic carbocycles. The van der Waals surface area contributed by atoms with Gasteiger partial charge in [0.15, 0.2) is 0 Å². The van der Waals surface area contributed by atoms with Gasteiger partial charge >= 0.3 is 0 Å². The number of rotatable bonds is 8. The van der Waals surface area contributed by atoms with Crippen LogP contribution in [0.15, 0.2) is 12.4 Å². The molecule has 1 fully saturated rings. The quantitative estimate of drug-likeness (QED) is 0.744. The fourth-order valence-electron chi connectivity index (χ4n) is 3.09. The summed E-state index contributed by atoms with van der Waals surface area (Å²) >= 11 is 0. The molecule has 5 heteroatoms. The zero-order valence-corrected chi connectivity index (χ0v) is 13.3. The number of nitrogens with zero attached hydrogens (tertiary/aromatic N) is 3. The maximum Gasteiger partial charge on any atom is 0.234 e. The molecule has 0 aliphatic heterocycles. The number of hydrogen-bond acceptors (Lipinski definition) is 3. The maximum atomic E-state index is 11.9. The van der Waals surface area contributed by atoms with Gasteiger partial charge in [-0.25, -0.2) is 4.98 Å². The standard InChI is InChI=1S/C16H28N4O/c1-3-15-17-10-12-20(15)11-6-9-18-16(21)13-19(2)14-7-4-5-8-14/h10,12,14H,3-9,11,13H2,1-2H3,(H,18,21). The average molecular weight is 292 g/mol. The zero-order chi connectivity index (χ0) is 15.1. The molecular formula is C16H28N4O. The van der Waals surface area contributed by atoms with E-state index < -0.39 is 0 Å². The van der Waals surface area contributed by atoms with E-state index in [1.54, 1.807) is 0 Å². The van der Waals surface area contributed by atoms with Crippen LogP contribution in [0.3, 0.4) is 0 Å². The van der Waals surface area contributed by atoms with Crippen LogP contribution in [0.25, 0.3) is 0 Å². The predicted octanol–water partition coefficient (Wildman–Crippen LogP) is 1.83. The van der Waals surface area contributed by atoms with Crippen molar-refractivity contribution in [3.05, 3.63) is 18.2 Å². The second-order valence-electron chi connectivity index (χ2n) is 5.95. The fourth-order valence-corrected chi connectivity index (χ4v) is 3.09. The van der Waals surface area contributed by atoms with Crippen molar-refractivity contribution in [1.29, 1.82) is 0 Å². The summed E-state index contributed by atoms with van der Waals surface area (Å²) in [5.41, 5.74) is 0. The van der Waals surface area contributed by atoms with Crippen LogP contribution < -0.4 is 5.32 Å². The Kier molecular flexibility index (Phi) is 6.23.